The van der Waals surface area contributed by atoms with Gasteiger partial charge in [-0.25, -0.2) is 4.39 Å². The zero-order valence-electron chi connectivity index (χ0n) is 14.1. The minimum absolute atomic E-state index is 0.0159. The molecule has 0 aliphatic rings. The first-order valence-corrected chi connectivity index (χ1v) is 8.26. The highest BCUT2D eigenvalue weighted by atomic mass is 35.5. The molecule has 0 fully saturated rings. The van der Waals surface area contributed by atoms with Crippen molar-refractivity contribution in [2.75, 3.05) is 13.6 Å². The minimum Gasteiger partial charge on any atom is -0.338 e. The fraction of sp³-hybridized carbons (Fsp3) is 0.316. The van der Waals surface area contributed by atoms with Crippen LogP contribution in [0.2, 0.25) is 5.02 Å². The first-order valence-electron chi connectivity index (χ1n) is 7.88. The van der Waals surface area contributed by atoms with Crippen molar-refractivity contribution in [3.05, 3.63) is 70.5 Å². The predicted molar refractivity (Wildman–Crippen MR) is 95.5 cm³/mol. The first kappa shape index (κ1) is 18.4. The third kappa shape index (κ3) is 4.79. The molecule has 0 aromatic heterocycles. The topological polar surface area (TPSA) is 32.3 Å². The summed E-state index contributed by atoms with van der Waals surface area (Å²) in [5.74, 6) is -0.308. The molecule has 128 valence electrons. The number of carbonyl (C=O) groups excluding carboxylic acids is 1. The Labute approximate surface area is 147 Å². The van der Waals surface area contributed by atoms with Gasteiger partial charge in [-0.15, -0.1) is 0 Å². The maximum Gasteiger partial charge on any atom is 0.236 e. The molecule has 2 atom stereocenters. The number of hydrogen-bond acceptors (Lipinski definition) is 2. The van der Waals surface area contributed by atoms with Gasteiger partial charge in [0.05, 0.1) is 12.6 Å². The van der Waals surface area contributed by atoms with Gasteiger partial charge in [-0.1, -0.05) is 35.9 Å². The Kier molecular flexibility index (Phi) is 6.35. The van der Waals surface area contributed by atoms with E-state index in [0.29, 0.717) is 5.02 Å². The normalized spacial score (nSPS) is 13.4. The largest absolute Gasteiger partial charge is 0.338 e. The molecule has 0 radical (unpaired) electrons. The van der Waals surface area contributed by atoms with Crippen LogP contribution in [0.4, 0.5) is 4.39 Å². The molecular formula is C19H22ClFN2O. The summed E-state index contributed by atoms with van der Waals surface area (Å²) in [6.45, 7) is 4.13. The number of carbonyl (C=O) groups is 1. The molecule has 0 bridgehead atoms. The Hall–Kier alpha value is -1.91. The average molecular weight is 349 g/mol. The molecule has 0 aliphatic heterocycles. The molecule has 0 saturated heterocycles. The van der Waals surface area contributed by atoms with E-state index in [2.05, 4.69) is 5.32 Å². The van der Waals surface area contributed by atoms with Crippen molar-refractivity contribution in [2.45, 2.75) is 25.9 Å². The van der Waals surface area contributed by atoms with E-state index in [1.165, 1.54) is 12.1 Å². The van der Waals surface area contributed by atoms with Crippen LogP contribution in [-0.4, -0.2) is 24.4 Å². The zero-order valence-corrected chi connectivity index (χ0v) is 14.8. The summed E-state index contributed by atoms with van der Waals surface area (Å²) in [5, 5.41) is 3.89. The zero-order chi connectivity index (χ0) is 17.7. The summed E-state index contributed by atoms with van der Waals surface area (Å²) < 4.78 is 13.0. The molecule has 0 aliphatic carbocycles. The Morgan fingerprint density at radius 1 is 1.17 bits per heavy atom. The van der Waals surface area contributed by atoms with Crippen molar-refractivity contribution in [2.24, 2.45) is 0 Å². The van der Waals surface area contributed by atoms with E-state index in [1.807, 2.05) is 38.1 Å². The maximum atomic E-state index is 13.0. The molecule has 2 unspecified atom stereocenters. The van der Waals surface area contributed by atoms with Gasteiger partial charge in [0.25, 0.3) is 0 Å². The van der Waals surface area contributed by atoms with Gasteiger partial charge in [-0.3, -0.25) is 4.79 Å². The molecule has 0 heterocycles. The number of nitrogens with zero attached hydrogens (tertiary/aromatic N) is 1. The molecule has 0 spiro atoms. The van der Waals surface area contributed by atoms with E-state index < -0.39 is 0 Å². The summed E-state index contributed by atoms with van der Waals surface area (Å²) in [6, 6.07) is 13.7. The number of amides is 1. The number of nitrogens with one attached hydrogen (secondary N) is 1. The van der Waals surface area contributed by atoms with E-state index >= 15 is 0 Å². The van der Waals surface area contributed by atoms with Gasteiger partial charge in [-0.05, 0) is 49.2 Å². The molecule has 2 aromatic carbocycles. The maximum absolute atomic E-state index is 13.0. The van der Waals surface area contributed by atoms with Crippen LogP contribution >= 0.6 is 11.6 Å². The van der Waals surface area contributed by atoms with Crippen LogP contribution in [0.3, 0.4) is 0 Å². The van der Waals surface area contributed by atoms with Gasteiger partial charge in [0.2, 0.25) is 5.91 Å². The molecule has 2 aromatic rings. The predicted octanol–water partition coefficient (Wildman–Crippen LogP) is 4.35. The van der Waals surface area contributed by atoms with Crippen molar-refractivity contribution in [3.63, 3.8) is 0 Å². The highest BCUT2D eigenvalue weighted by Gasteiger charge is 2.18. The van der Waals surface area contributed by atoms with Crippen LogP contribution in [0, 0.1) is 5.82 Å². The lowest BCUT2D eigenvalue weighted by Crippen LogP contribution is -2.37. The van der Waals surface area contributed by atoms with Crippen molar-refractivity contribution in [1.29, 1.82) is 0 Å². The van der Waals surface area contributed by atoms with Crippen LogP contribution in [0.5, 0.6) is 0 Å². The average Bonchev–Trinajstić information content (AvgIpc) is 2.58. The first-order chi connectivity index (χ1) is 11.4. The third-order valence-corrected chi connectivity index (χ3v) is 4.47. The summed E-state index contributed by atoms with van der Waals surface area (Å²) in [6.07, 6.45) is 0. The fourth-order valence-electron chi connectivity index (χ4n) is 2.44. The van der Waals surface area contributed by atoms with Crippen LogP contribution in [0.1, 0.15) is 37.1 Å². The number of halogens is 2. The summed E-state index contributed by atoms with van der Waals surface area (Å²) in [7, 11) is 1.75. The molecule has 2 rings (SSSR count). The molecule has 24 heavy (non-hydrogen) atoms. The van der Waals surface area contributed by atoms with Crippen molar-refractivity contribution in [3.8, 4) is 0 Å². The van der Waals surface area contributed by atoms with Gasteiger partial charge < -0.3 is 10.2 Å². The Morgan fingerprint density at radius 3 is 2.46 bits per heavy atom. The highest BCUT2D eigenvalue weighted by molar-refractivity contribution is 6.30. The minimum atomic E-state index is -0.281. The second kappa shape index (κ2) is 8.27. The smallest absolute Gasteiger partial charge is 0.236 e. The number of hydrogen-bond donors (Lipinski definition) is 1. The van der Waals surface area contributed by atoms with Crippen molar-refractivity contribution >= 4 is 17.5 Å². The van der Waals surface area contributed by atoms with E-state index in [1.54, 1.807) is 24.1 Å². The second-order valence-electron chi connectivity index (χ2n) is 5.89. The number of likely N-dealkylation sites (N-methyl/N-ethyl adjacent to an activating group) is 1. The molecule has 1 N–H and O–H groups in total. The van der Waals surface area contributed by atoms with Crippen LogP contribution in [-0.2, 0) is 4.79 Å². The van der Waals surface area contributed by atoms with E-state index in [4.69, 9.17) is 11.6 Å². The Bertz CT molecular complexity index is 690. The molecule has 0 saturated carbocycles. The van der Waals surface area contributed by atoms with Gasteiger partial charge >= 0.3 is 0 Å². The lowest BCUT2D eigenvalue weighted by molar-refractivity contribution is -0.131. The van der Waals surface area contributed by atoms with Crippen molar-refractivity contribution in [1.82, 2.24) is 10.2 Å². The monoisotopic (exact) mass is 348 g/mol. The number of benzene rings is 2. The highest BCUT2D eigenvalue weighted by Crippen LogP contribution is 2.20. The van der Waals surface area contributed by atoms with Crippen LogP contribution < -0.4 is 5.32 Å². The fourth-order valence-corrected chi connectivity index (χ4v) is 2.64. The van der Waals surface area contributed by atoms with Gasteiger partial charge in [-0.2, -0.15) is 0 Å². The van der Waals surface area contributed by atoms with Crippen molar-refractivity contribution < 1.29 is 9.18 Å². The second-order valence-corrected chi connectivity index (χ2v) is 6.33. The van der Waals surface area contributed by atoms with E-state index in [0.717, 1.165) is 11.1 Å². The van der Waals surface area contributed by atoms with Gasteiger partial charge in [0.1, 0.15) is 5.82 Å². The number of rotatable bonds is 6. The van der Waals surface area contributed by atoms with Crippen LogP contribution in [0.15, 0.2) is 48.5 Å². The Balaban J connectivity index is 1.92. The van der Waals surface area contributed by atoms with Gasteiger partial charge in [0.15, 0.2) is 0 Å². The quantitative estimate of drug-likeness (QED) is 0.841. The summed E-state index contributed by atoms with van der Waals surface area (Å²) in [5.41, 5.74) is 1.93. The molecule has 1 amide bonds. The Morgan fingerprint density at radius 2 is 1.83 bits per heavy atom. The third-order valence-electron chi connectivity index (χ3n) is 4.23. The van der Waals surface area contributed by atoms with E-state index in [-0.39, 0.29) is 30.4 Å². The lowest BCUT2D eigenvalue weighted by atomic mass is 10.1. The molecule has 5 heteroatoms. The standard InChI is InChI=1S/C19H22ClFN2O/c1-13(16-5-4-6-17(20)11-16)22-12-19(24)23(3)14(2)15-7-9-18(21)10-8-15/h4-11,13-14,22H,12H2,1-3H3. The summed E-state index contributed by atoms with van der Waals surface area (Å²) >= 11 is 5.99. The van der Waals surface area contributed by atoms with Crippen LogP contribution in [0.25, 0.3) is 0 Å². The van der Waals surface area contributed by atoms with E-state index in [9.17, 15) is 9.18 Å². The summed E-state index contributed by atoms with van der Waals surface area (Å²) in [4.78, 5) is 14.0. The SMILES string of the molecule is CC(NCC(=O)N(C)C(C)c1ccc(F)cc1)c1cccc(Cl)c1. The van der Waals surface area contributed by atoms with Gasteiger partial charge in [0, 0.05) is 18.1 Å². The molecular weight excluding hydrogens is 327 g/mol. The molecule has 3 nitrogen and oxygen atoms in total. The lowest BCUT2D eigenvalue weighted by Gasteiger charge is -2.26.